The van der Waals surface area contributed by atoms with E-state index in [1.165, 1.54) is 6.42 Å². The molecule has 0 spiro atoms. The molecule has 1 amide bonds. The Morgan fingerprint density at radius 1 is 1.56 bits per heavy atom. The molecular formula is C12H22N2O2. The van der Waals surface area contributed by atoms with E-state index in [1.807, 2.05) is 25.7 Å². The fourth-order valence-electron chi connectivity index (χ4n) is 2.95. The van der Waals surface area contributed by atoms with Crippen LogP contribution in [0.3, 0.4) is 0 Å². The van der Waals surface area contributed by atoms with Gasteiger partial charge in [0.15, 0.2) is 0 Å². The van der Waals surface area contributed by atoms with Gasteiger partial charge in [-0.1, -0.05) is 0 Å². The smallest absolute Gasteiger partial charge is 0.410 e. The minimum Gasteiger partial charge on any atom is -0.444 e. The van der Waals surface area contributed by atoms with Crippen molar-refractivity contribution >= 4 is 6.09 Å². The minimum atomic E-state index is -0.422. The van der Waals surface area contributed by atoms with Crippen LogP contribution in [-0.4, -0.2) is 35.2 Å². The molecule has 1 saturated carbocycles. The first kappa shape index (κ1) is 11.7. The number of hydrogen-bond donors (Lipinski definition) is 1. The van der Waals surface area contributed by atoms with Gasteiger partial charge in [0.25, 0.3) is 0 Å². The molecular weight excluding hydrogens is 204 g/mol. The molecule has 1 heterocycles. The summed E-state index contributed by atoms with van der Waals surface area (Å²) in [4.78, 5) is 13.9. The summed E-state index contributed by atoms with van der Waals surface area (Å²) < 4.78 is 5.43. The molecule has 2 aliphatic rings. The Labute approximate surface area is 97.1 Å². The number of fused-ring (bicyclic) bond motifs is 2. The summed E-state index contributed by atoms with van der Waals surface area (Å²) in [6, 6.07) is 0. The first-order valence-corrected chi connectivity index (χ1v) is 6.07. The van der Waals surface area contributed by atoms with Crippen LogP contribution < -0.4 is 5.73 Å². The lowest BCUT2D eigenvalue weighted by atomic mass is 9.98. The lowest BCUT2D eigenvalue weighted by molar-refractivity contribution is 0.00456. The van der Waals surface area contributed by atoms with Gasteiger partial charge in [0.1, 0.15) is 5.60 Å². The molecule has 0 aromatic carbocycles. The average Bonchev–Trinajstić information content (AvgIpc) is 2.72. The highest BCUT2D eigenvalue weighted by atomic mass is 16.6. The Hall–Kier alpha value is -0.770. The van der Waals surface area contributed by atoms with Crippen LogP contribution in [0, 0.1) is 5.92 Å². The fraction of sp³-hybridized carbons (Fsp3) is 0.917. The zero-order valence-corrected chi connectivity index (χ0v) is 10.5. The van der Waals surface area contributed by atoms with Crippen molar-refractivity contribution in [1.82, 2.24) is 4.90 Å². The first-order valence-electron chi connectivity index (χ1n) is 6.07. The molecule has 0 aromatic rings. The molecule has 2 fully saturated rings. The summed E-state index contributed by atoms with van der Waals surface area (Å²) in [5.74, 6) is 0.635. The minimum absolute atomic E-state index is 0.104. The number of nitrogens with zero attached hydrogens (tertiary/aromatic N) is 1. The zero-order valence-electron chi connectivity index (χ0n) is 10.5. The SMILES string of the molecule is CC(C)(C)OC(=O)N1C[C@H]2CC[C@]1(CN)C2. The number of rotatable bonds is 1. The van der Waals surface area contributed by atoms with Crippen LogP contribution in [0.1, 0.15) is 40.0 Å². The lowest BCUT2D eigenvalue weighted by Crippen LogP contribution is -2.53. The first-order chi connectivity index (χ1) is 7.36. The van der Waals surface area contributed by atoms with Crippen LogP contribution in [0.2, 0.25) is 0 Å². The van der Waals surface area contributed by atoms with Gasteiger partial charge < -0.3 is 15.4 Å². The number of ether oxygens (including phenoxy) is 1. The Bertz CT molecular complexity index is 298. The molecule has 2 atom stereocenters. The molecule has 1 saturated heterocycles. The van der Waals surface area contributed by atoms with E-state index >= 15 is 0 Å². The van der Waals surface area contributed by atoms with Crippen molar-refractivity contribution in [2.24, 2.45) is 11.7 Å². The topological polar surface area (TPSA) is 55.6 Å². The lowest BCUT2D eigenvalue weighted by Gasteiger charge is -2.38. The third kappa shape index (κ3) is 1.90. The van der Waals surface area contributed by atoms with Crippen molar-refractivity contribution in [3.8, 4) is 0 Å². The van der Waals surface area contributed by atoms with Crippen LogP contribution in [0.4, 0.5) is 4.79 Å². The molecule has 92 valence electrons. The Morgan fingerprint density at radius 3 is 2.75 bits per heavy atom. The summed E-state index contributed by atoms with van der Waals surface area (Å²) in [5.41, 5.74) is 5.32. The summed E-state index contributed by atoms with van der Waals surface area (Å²) in [7, 11) is 0. The van der Waals surface area contributed by atoms with Crippen LogP contribution >= 0.6 is 0 Å². The van der Waals surface area contributed by atoms with Gasteiger partial charge in [-0.15, -0.1) is 0 Å². The summed E-state index contributed by atoms with van der Waals surface area (Å²) in [5, 5.41) is 0. The van der Waals surface area contributed by atoms with Crippen molar-refractivity contribution in [2.45, 2.75) is 51.2 Å². The number of amides is 1. The van der Waals surface area contributed by atoms with E-state index < -0.39 is 5.60 Å². The predicted octanol–water partition coefficient (Wildman–Crippen LogP) is 1.73. The molecule has 0 radical (unpaired) electrons. The van der Waals surface area contributed by atoms with E-state index in [-0.39, 0.29) is 11.6 Å². The molecule has 1 aliphatic heterocycles. The highest BCUT2D eigenvalue weighted by Crippen LogP contribution is 2.46. The van der Waals surface area contributed by atoms with Crippen molar-refractivity contribution in [3.05, 3.63) is 0 Å². The second kappa shape index (κ2) is 3.62. The van der Waals surface area contributed by atoms with Crippen LogP contribution in [-0.2, 0) is 4.74 Å². The van der Waals surface area contributed by atoms with E-state index in [9.17, 15) is 4.79 Å². The highest BCUT2D eigenvalue weighted by Gasteiger charge is 2.52. The highest BCUT2D eigenvalue weighted by molar-refractivity contribution is 5.70. The maximum atomic E-state index is 12.1. The maximum absolute atomic E-state index is 12.1. The molecule has 0 unspecified atom stereocenters. The summed E-state index contributed by atoms with van der Waals surface area (Å²) in [6.45, 7) is 7.08. The van der Waals surface area contributed by atoms with Crippen molar-refractivity contribution < 1.29 is 9.53 Å². The number of carbonyl (C=O) groups is 1. The summed E-state index contributed by atoms with van der Waals surface area (Å²) >= 11 is 0. The fourth-order valence-corrected chi connectivity index (χ4v) is 2.95. The number of nitrogens with two attached hydrogens (primary N) is 1. The van der Waals surface area contributed by atoms with E-state index in [1.54, 1.807) is 0 Å². The van der Waals surface area contributed by atoms with Crippen molar-refractivity contribution in [1.29, 1.82) is 0 Å². The third-order valence-electron chi connectivity index (χ3n) is 3.69. The molecule has 16 heavy (non-hydrogen) atoms. The van der Waals surface area contributed by atoms with E-state index in [2.05, 4.69) is 0 Å². The van der Waals surface area contributed by atoms with Gasteiger partial charge in [-0.25, -0.2) is 4.79 Å². The molecule has 4 nitrogen and oxygen atoms in total. The van der Waals surface area contributed by atoms with Gasteiger partial charge in [0, 0.05) is 13.1 Å². The van der Waals surface area contributed by atoms with E-state index in [4.69, 9.17) is 10.5 Å². The largest absolute Gasteiger partial charge is 0.444 e. The standard InChI is InChI=1S/C12H22N2O2/c1-11(2,3)16-10(15)14-7-9-4-5-12(14,6-9)8-13/h9H,4-8,13H2,1-3H3/t9-,12+/m0/s1. The van der Waals surface area contributed by atoms with Crippen molar-refractivity contribution in [2.75, 3.05) is 13.1 Å². The third-order valence-corrected chi connectivity index (χ3v) is 3.69. The molecule has 2 rings (SSSR count). The van der Waals surface area contributed by atoms with Crippen LogP contribution in [0.15, 0.2) is 0 Å². The molecule has 2 N–H and O–H groups in total. The summed E-state index contributed by atoms with van der Waals surface area (Å²) in [6.07, 6.45) is 3.10. The number of carbonyl (C=O) groups excluding carboxylic acids is 1. The Balaban J connectivity index is 2.08. The van der Waals surface area contributed by atoms with Gasteiger partial charge in [0.2, 0.25) is 0 Å². The number of likely N-dealkylation sites (tertiary alicyclic amines) is 1. The van der Waals surface area contributed by atoms with Gasteiger partial charge in [-0.3, -0.25) is 0 Å². The maximum Gasteiger partial charge on any atom is 0.410 e. The Morgan fingerprint density at radius 2 is 2.25 bits per heavy atom. The Kier molecular flexibility index (Phi) is 2.65. The van der Waals surface area contributed by atoms with Crippen LogP contribution in [0.5, 0.6) is 0 Å². The second-order valence-electron chi connectivity index (χ2n) is 6.13. The van der Waals surface area contributed by atoms with Crippen LogP contribution in [0.25, 0.3) is 0 Å². The normalized spacial score (nSPS) is 33.2. The van der Waals surface area contributed by atoms with Gasteiger partial charge in [-0.05, 0) is 46.0 Å². The zero-order chi connectivity index (χ0) is 12.0. The van der Waals surface area contributed by atoms with Crippen molar-refractivity contribution in [3.63, 3.8) is 0 Å². The molecule has 0 aromatic heterocycles. The van der Waals surface area contributed by atoms with Gasteiger partial charge in [-0.2, -0.15) is 0 Å². The monoisotopic (exact) mass is 226 g/mol. The molecule has 2 bridgehead atoms. The van der Waals surface area contributed by atoms with Gasteiger partial charge in [0.05, 0.1) is 5.54 Å². The number of hydrogen-bond acceptors (Lipinski definition) is 3. The quantitative estimate of drug-likeness (QED) is 0.741. The second-order valence-corrected chi connectivity index (χ2v) is 6.13. The number of piperidine rings is 1. The van der Waals surface area contributed by atoms with Gasteiger partial charge >= 0.3 is 6.09 Å². The van der Waals surface area contributed by atoms with E-state index in [0.717, 1.165) is 19.4 Å². The average molecular weight is 226 g/mol. The predicted molar refractivity (Wildman–Crippen MR) is 62.1 cm³/mol. The molecule has 4 heteroatoms. The molecule has 1 aliphatic carbocycles. The van der Waals surface area contributed by atoms with E-state index in [0.29, 0.717) is 12.5 Å².